The van der Waals surface area contributed by atoms with Crippen molar-refractivity contribution in [2.24, 2.45) is 0 Å². The molecule has 2 heterocycles. The lowest BCUT2D eigenvalue weighted by atomic mass is 10.1. The Kier molecular flexibility index (Phi) is 5.90. The molecule has 150 valence electrons. The van der Waals surface area contributed by atoms with Crippen molar-refractivity contribution >= 4 is 33.2 Å². The molecule has 1 amide bonds. The molecule has 1 saturated heterocycles. The van der Waals surface area contributed by atoms with Crippen molar-refractivity contribution in [3.05, 3.63) is 59.1 Å². The number of thiazole rings is 1. The summed E-state index contributed by atoms with van der Waals surface area (Å²) in [4.78, 5) is 32.0. The first kappa shape index (κ1) is 19.6. The molecule has 0 unspecified atom stereocenters. The van der Waals surface area contributed by atoms with Crippen LogP contribution in [-0.2, 0) is 4.79 Å². The number of likely N-dealkylation sites (tertiary alicyclic amines) is 1. The summed E-state index contributed by atoms with van der Waals surface area (Å²) in [6, 6.07) is 15.2. The number of hydrogen-bond acceptors (Lipinski definition) is 5. The average Bonchev–Trinajstić information content (AvgIpc) is 3.39. The minimum Gasteiger partial charge on any atom is -0.494 e. The van der Waals surface area contributed by atoms with Gasteiger partial charge in [0.05, 0.1) is 22.9 Å². The zero-order chi connectivity index (χ0) is 20.2. The van der Waals surface area contributed by atoms with E-state index in [1.807, 2.05) is 30.0 Å². The highest BCUT2D eigenvalue weighted by Gasteiger charge is 2.32. The number of benzene rings is 2. The molecule has 1 aliphatic heterocycles. The van der Waals surface area contributed by atoms with Gasteiger partial charge in [-0.25, -0.2) is 4.98 Å². The number of fused-ring (bicyclic) bond motifs is 1. The maximum Gasteiger partial charge on any atom is 0.223 e. The molecule has 1 fully saturated rings. The van der Waals surface area contributed by atoms with Crippen LogP contribution in [0.15, 0.2) is 48.5 Å². The average molecular weight is 409 g/mol. The maximum atomic E-state index is 12.8. The molecule has 0 aliphatic carbocycles. The number of rotatable bonds is 7. The largest absolute Gasteiger partial charge is 0.494 e. The normalized spacial score (nSPS) is 16.3. The summed E-state index contributed by atoms with van der Waals surface area (Å²) in [5, 5.41) is 0.995. The smallest absolute Gasteiger partial charge is 0.223 e. The fourth-order valence-electron chi connectivity index (χ4n) is 3.77. The lowest BCUT2D eigenvalue weighted by Gasteiger charge is -2.23. The van der Waals surface area contributed by atoms with Gasteiger partial charge in [0.1, 0.15) is 10.8 Å². The molecule has 0 bridgehead atoms. The van der Waals surface area contributed by atoms with Crippen LogP contribution in [0.25, 0.3) is 10.2 Å². The van der Waals surface area contributed by atoms with Crippen LogP contribution >= 0.6 is 11.3 Å². The Labute approximate surface area is 174 Å². The van der Waals surface area contributed by atoms with Crippen LogP contribution < -0.4 is 4.74 Å². The first-order valence-electron chi connectivity index (χ1n) is 10.1. The molecule has 0 spiro atoms. The van der Waals surface area contributed by atoms with Gasteiger partial charge in [-0.2, -0.15) is 0 Å². The molecule has 1 atom stereocenters. The van der Waals surface area contributed by atoms with Crippen molar-refractivity contribution < 1.29 is 14.3 Å². The van der Waals surface area contributed by atoms with E-state index in [1.165, 1.54) is 0 Å². The van der Waals surface area contributed by atoms with Gasteiger partial charge in [0.2, 0.25) is 5.91 Å². The van der Waals surface area contributed by atoms with Gasteiger partial charge in [0.25, 0.3) is 0 Å². The summed E-state index contributed by atoms with van der Waals surface area (Å²) in [7, 11) is 0. The fraction of sp³-hybridized carbons (Fsp3) is 0.348. The van der Waals surface area contributed by atoms with Gasteiger partial charge >= 0.3 is 0 Å². The highest BCUT2D eigenvalue weighted by Crippen LogP contribution is 2.36. The van der Waals surface area contributed by atoms with E-state index in [9.17, 15) is 9.59 Å². The first-order chi connectivity index (χ1) is 14.2. The number of hydrogen-bond donors (Lipinski definition) is 0. The zero-order valence-corrected chi connectivity index (χ0v) is 17.3. The van der Waals surface area contributed by atoms with Crippen molar-refractivity contribution in [3.8, 4) is 5.75 Å². The number of amides is 1. The van der Waals surface area contributed by atoms with E-state index in [-0.39, 0.29) is 30.6 Å². The number of aromatic nitrogens is 1. The van der Waals surface area contributed by atoms with Crippen LogP contribution in [0.4, 0.5) is 0 Å². The number of para-hydroxylation sites is 1. The van der Waals surface area contributed by atoms with Crippen LogP contribution in [0.3, 0.4) is 0 Å². The molecule has 5 nitrogen and oxygen atoms in total. The van der Waals surface area contributed by atoms with Crippen molar-refractivity contribution in [1.82, 2.24) is 9.88 Å². The van der Waals surface area contributed by atoms with Crippen LogP contribution in [0.2, 0.25) is 0 Å². The van der Waals surface area contributed by atoms with Crippen molar-refractivity contribution in [2.75, 3.05) is 13.2 Å². The minimum atomic E-state index is -0.0165. The van der Waals surface area contributed by atoms with Gasteiger partial charge in [-0.3, -0.25) is 9.59 Å². The molecular formula is C23H24N2O3S. The van der Waals surface area contributed by atoms with E-state index in [0.29, 0.717) is 12.2 Å². The van der Waals surface area contributed by atoms with Gasteiger partial charge in [0, 0.05) is 24.9 Å². The number of carbonyl (C=O) groups excluding carboxylic acids is 2. The molecule has 0 radical (unpaired) electrons. The molecule has 4 rings (SSSR count). The van der Waals surface area contributed by atoms with E-state index in [4.69, 9.17) is 9.72 Å². The van der Waals surface area contributed by atoms with Crippen molar-refractivity contribution in [1.29, 1.82) is 0 Å². The molecule has 0 saturated carbocycles. The number of Topliss-reactive ketones (excluding diaryl/α,β-unsaturated/α-hetero) is 1. The van der Waals surface area contributed by atoms with Crippen LogP contribution in [0, 0.1) is 0 Å². The predicted octanol–water partition coefficient (Wildman–Crippen LogP) is 5.02. The predicted molar refractivity (Wildman–Crippen MR) is 114 cm³/mol. The quantitative estimate of drug-likeness (QED) is 0.515. The van der Waals surface area contributed by atoms with Crippen LogP contribution in [0.5, 0.6) is 5.75 Å². The standard InChI is InChI=1S/C23H24N2O3S/c1-2-28-17-11-9-16(10-12-17)20(26)13-14-22(27)25-15-5-7-19(25)23-24-18-6-3-4-8-21(18)29-23/h3-4,6,8-12,19H,2,5,7,13-15H2,1H3/t19-/m1/s1. The SMILES string of the molecule is CCOc1ccc(C(=O)CCC(=O)N2CCC[C@@H]2c2nc3ccccc3s2)cc1. The molecular weight excluding hydrogens is 384 g/mol. The van der Waals surface area contributed by atoms with Gasteiger partial charge < -0.3 is 9.64 Å². The second kappa shape index (κ2) is 8.74. The Morgan fingerprint density at radius 2 is 1.93 bits per heavy atom. The van der Waals surface area contributed by atoms with Crippen molar-refractivity contribution in [2.45, 2.75) is 38.6 Å². The number of nitrogens with zero attached hydrogens (tertiary/aromatic N) is 2. The molecule has 3 aromatic rings. The highest BCUT2D eigenvalue weighted by atomic mass is 32.1. The van der Waals surface area contributed by atoms with Gasteiger partial charge in [-0.15, -0.1) is 11.3 Å². The van der Waals surface area contributed by atoms with Crippen LogP contribution in [0.1, 0.15) is 54.0 Å². The summed E-state index contributed by atoms with van der Waals surface area (Å²) >= 11 is 1.66. The van der Waals surface area contributed by atoms with E-state index in [2.05, 4.69) is 6.07 Å². The molecule has 0 N–H and O–H groups in total. The fourth-order valence-corrected chi connectivity index (χ4v) is 4.88. The van der Waals surface area contributed by atoms with Crippen LogP contribution in [-0.4, -0.2) is 34.7 Å². The second-order valence-corrected chi connectivity index (χ2v) is 8.21. The Morgan fingerprint density at radius 1 is 1.14 bits per heavy atom. The number of ketones is 1. The lowest BCUT2D eigenvalue weighted by Crippen LogP contribution is -2.30. The number of carbonyl (C=O) groups is 2. The summed E-state index contributed by atoms with van der Waals surface area (Å²) in [6.07, 6.45) is 2.35. The van der Waals surface area contributed by atoms with Gasteiger partial charge in [0.15, 0.2) is 5.78 Å². The van der Waals surface area contributed by atoms with E-state index in [0.717, 1.165) is 40.4 Å². The summed E-state index contributed by atoms with van der Waals surface area (Å²) in [6.45, 7) is 3.24. The monoisotopic (exact) mass is 408 g/mol. The molecule has 2 aromatic carbocycles. The summed E-state index contributed by atoms with van der Waals surface area (Å²) in [5.41, 5.74) is 1.60. The molecule has 1 aromatic heterocycles. The second-order valence-electron chi connectivity index (χ2n) is 7.15. The number of ether oxygens (including phenoxy) is 1. The van der Waals surface area contributed by atoms with Gasteiger partial charge in [-0.05, 0) is 56.2 Å². The first-order valence-corrected chi connectivity index (χ1v) is 10.9. The summed E-state index contributed by atoms with van der Waals surface area (Å²) < 4.78 is 6.55. The Bertz CT molecular complexity index is 979. The van der Waals surface area contributed by atoms with Crippen molar-refractivity contribution in [3.63, 3.8) is 0 Å². The lowest BCUT2D eigenvalue weighted by molar-refractivity contribution is -0.132. The Hall–Kier alpha value is -2.73. The molecule has 29 heavy (non-hydrogen) atoms. The highest BCUT2D eigenvalue weighted by molar-refractivity contribution is 7.18. The third-order valence-electron chi connectivity index (χ3n) is 5.22. The topological polar surface area (TPSA) is 59.5 Å². The van der Waals surface area contributed by atoms with E-state index in [1.54, 1.807) is 35.6 Å². The zero-order valence-electron chi connectivity index (χ0n) is 16.5. The van der Waals surface area contributed by atoms with E-state index >= 15 is 0 Å². The molecule has 6 heteroatoms. The minimum absolute atomic E-state index is 0.0165. The maximum absolute atomic E-state index is 12.8. The Morgan fingerprint density at radius 3 is 2.69 bits per heavy atom. The summed E-state index contributed by atoms with van der Waals surface area (Å²) in [5.74, 6) is 0.763. The third-order valence-corrected chi connectivity index (χ3v) is 6.36. The Balaban J connectivity index is 1.38. The van der Waals surface area contributed by atoms with Gasteiger partial charge in [-0.1, -0.05) is 12.1 Å². The molecule has 1 aliphatic rings. The third kappa shape index (κ3) is 4.32. The van der Waals surface area contributed by atoms with E-state index < -0.39 is 0 Å².